The number of carbonyl (C=O) groups excluding carboxylic acids is 2. The van der Waals surface area contributed by atoms with E-state index in [-0.39, 0.29) is 18.9 Å². The van der Waals surface area contributed by atoms with E-state index in [1.165, 1.54) is 0 Å². The number of nitrogens with zero attached hydrogens (tertiary/aromatic N) is 2. The van der Waals surface area contributed by atoms with Crippen molar-refractivity contribution >= 4 is 17.5 Å². The third-order valence-electron chi connectivity index (χ3n) is 2.79. The summed E-state index contributed by atoms with van der Waals surface area (Å²) in [6.45, 7) is 0.275. The second-order valence-electron chi connectivity index (χ2n) is 4.52. The molecule has 0 aliphatic heterocycles. The molecule has 1 heterocycles. The quantitative estimate of drug-likeness (QED) is 0.819. The molecule has 2 N–H and O–H groups in total. The molecule has 0 aliphatic rings. The van der Waals surface area contributed by atoms with Crippen LogP contribution in [0.1, 0.15) is 17.7 Å². The van der Waals surface area contributed by atoms with Crippen molar-refractivity contribution < 1.29 is 9.59 Å². The molecule has 0 spiro atoms. The predicted molar refractivity (Wildman–Crippen MR) is 80.5 cm³/mol. The zero-order chi connectivity index (χ0) is 15.8. The van der Waals surface area contributed by atoms with Gasteiger partial charge in [-0.05, 0) is 30.3 Å². The van der Waals surface area contributed by atoms with Crippen molar-refractivity contribution in [3.05, 3.63) is 59.9 Å². The molecule has 1 aromatic heterocycles. The van der Waals surface area contributed by atoms with E-state index in [9.17, 15) is 9.59 Å². The number of aromatic nitrogens is 1. The minimum Gasteiger partial charge on any atom is -0.350 e. The lowest BCUT2D eigenvalue weighted by Gasteiger charge is -2.06. The van der Waals surface area contributed by atoms with Gasteiger partial charge in [0, 0.05) is 11.9 Å². The van der Waals surface area contributed by atoms with Crippen molar-refractivity contribution in [3.8, 4) is 6.07 Å². The van der Waals surface area contributed by atoms with Gasteiger partial charge in [-0.15, -0.1) is 0 Å². The van der Waals surface area contributed by atoms with Gasteiger partial charge in [-0.1, -0.05) is 12.1 Å². The summed E-state index contributed by atoms with van der Waals surface area (Å²) in [6, 6.07) is 13.9. The van der Waals surface area contributed by atoms with Crippen LogP contribution in [-0.4, -0.2) is 16.8 Å². The van der Waals surface area contributed by atoms with Crippen molar-refractivity contribution in [1.29, 1.82) is 5.26 Å². The second-order valence-corrected chi connectivity index (χ2v) is 4.52. The van der Waals surface area contributed by atoms with E-state index in [2.05, 4.69) is 15.6 Å². The largest absolute Gasteiger partial charge is 0.350 e. The fourth-order valence-electron chi connectivity index (χ4n) is 1.77. The highest BCUT2D eigenvalue weighted by atomic mass is 16.2. The van der Waals surface area contributed by atoms with Gasteiger partial charge in [0.2, 0.25) is 11.8 Å². The number of carbonyl (C=O) groups is 2. The second kappa shape index (κ2) is 7.55. The normalized spacial score (nSPS) is 9.59. The molecule has 0 unspecified atom stereocenters. The van der Waals surface area contributed by atoms with Crippen LogP contribution in [0.4, 0.5) is 5.69 Å². The third-order valence-corrected chi connectivity index (χ3v) is 2.79. The molecular weight excluding hydrogens is 280 g/mol. The first-order valence-electron chi connectivity index (χ1n) is 6.64. The summed E-state index contributed by atoms with van der Waals surface area (Å²) >= 11 is 0. The Labute approximate surface area is 127 Å². The average Bonchev–Trinajstić information content (AvgIpc) is 2.54. The van der Waals surface area contributed by atoms with Crippen LogP contribution < -0.4 is 10.6 Å². The van der Waals surface area contributed by atoms with Gasteiger partial charge in [0.05, 0.1) is 23.9 Å². The molecular formula is C16H14N4O2. The lowest BCUT2D eigenvalue weighted by molar-refractivity contribution is -0.126. The minimum atomic E-state index is -0.436. The highest BCUT2D eigenvalue weighted by Crippen LogP contribution is 2.09. The fourth-order valence-corrected chi connectivity index (χ4v) is 1.77. The Bertz CT molecular complexity index is 708. The van der Waals surface area contributed by atoms with Crippen LogP contribution in [-0.2, 0) is 16.1 Å². The number of benzene rings is 1. The zero-order valence-electron chi connectivity index (χ0n) is 11.7. The fraction of sp³-hybridized carbons (Fsp3) is 0.125. The molecule has 1 aromatic carbocycles. The average molecular weight is 294 g/mol. The molecule has 2 amide bonds. The van der Waals surface area contributed by atoms with E-state index >= 15 is 0 Å². The van der Waals surface area contributed by atoms with E-state index in [0.717, 1.165) is 5.69 Å². The van der Waals surface area contributed by atoms with Crippen molar-refractivity contribution in [2.75, 3.05) is 5.32 Å². The highest BCUT2D eigenvalue weighted by molar-refractivity contribution is 6.03. The minimum absolute atomic E-state index is 0.275. The molecule has 6 nitrogen and oxygen atoms in total. The van der Waals surface area contributed by atoms with Crippen LogP contribution in [0, 0.1) is 11.3 Å². The first-order chi connectivity index (χ1) is 10.7. The van der Waals surface area contributed by atoms with Gasteiger partial charge < -0.3 is 10.6 Å². The standard InChI is InChI=1S/C16H14N4O2/c17-10-12-4-3-6-13(8-12)20-16(22)9-15(21)19-11-14-5-1-2-7-18-14/h1-8H,9,11H2,(H,19,21)(H,20,22). The maximum Gasteiger partial charge on any atom is 0.233 e. The third kappa shape index (κ3) is 4.72. The topological polar surface area (TPSA) is 94.9 Å². The van der Waals surface area contributed by atoms with E-state index in [1.54, 1.807) is 42.6 Å². The first-order valence-corrected chi connectivity index (χ1v) is 6.64. The van der Waals surface area contributed by atoms with Crippen LogP contribution in [0.2, 0.25) is 0 Å². The lowest BCUT2D eigenvalue weighted by Crippen LogP contribution is -2.28. The Balaban J connectivity index is 1.81. The maximum absolute atomic E-state index is 11.8. The Morgan fingerprint density at radius 2 is 2.00 bits per heavy atom. The van der Waals surface area contributed by atoms with E-state index in [0.29, 0.717) is 11.3 Å². The molecule has 0 radical (unpaired) electrons. The van der Waals surface area contributed by atoms with Crippen LogP contribution in [0.3, 0.4) is 0 Å². The summed E-state index contributed by atoms with van der Waals surface area (Å²) < 4.78 is 0. The molecule has 6 heteroatoms. The summed E-state index contributed by atoms with van der Waals surface area (Å²) in [6.07, 6.45) is 1.35. The number of pyridine rings is 1. The van der Waals surface area contributed by atoms with Gasteiger partial charge in [0.1, 0.15) is 6.42 Å². The highest BCUT2D eigenvalue weighted by Gasteiger charge is 2.09. The van der Waals surface area contributed by atoms with Gasteiger partial charge in [-0.3, -0.25) is 14.6 Å². The Morgan fingerprint density at radius 3 is 2.73 bits per heavy atom. The van der Waals surface area contributed by atoms with Gasteiger partial charge in [0.25, 0.3) is 0 Å². The van der Waals surface area contributed by atoms with Gasteiger partial charge >= 0.3 is 0 Å². The number of amides is 2. The Morgan fingerprint density at radius 1 is 1.14 bits per heavy atom. The van der Waals surface area contributed by atoms with Crippen molar-refractivity contribution in [2.45, 2.75) is 13.0 Å². The number of hydrogen-bond donors (Lipinski definition) is 2. The molecule has 0 aliphatic carbocycles. The molecule has 110 valence electrons. The number of rotatable bonds is 5. The molecule has 0 saturated carbocycles. The van der Waals surface area contributed by atoms with E-state index < -0.39 is 5.91 Å². The van der Waals surface area contributed by atoms with Crippen molar-refractivity contribution in [1.82, 2.24) is 10.3 Å². The van der Waals surface area contributed by atoms with Gasteiger partial charge in [-0.25, -0.2) is 0 Å². The van der Waals surface area contributed by atoms with Crippen LogP contribution in [0.15, 0.2) is 48.7 Å². The maximum atomic E-state index is 11.8. The summed E-state index contributed by atoms with van der Waals surface area (Å²) in [5, 5.41) is 14.0. The van der Waals surface area contributed by atoms with E-state index in [1.807, 2.05) is 12.1 Å². The molecule has 2 rings (SSSR count). The van der Waals surface area contributed by atoms with Crippen LogP contribution in [0.25, 0.3) is 0 Å². The Hall–Kier alpha value is -3.20. The molecule has 0 saturated heterocycles. The lowest BCUT2D eigenvalue weighted by atomic mass is 10.2. The number of nitriles is 1. The SMILES string of the molecule is N#Cc1cccc(NC(=O)CC(=O)NCc2ccccn2)c1. The van der Waals surface area contributed by atoms with Crippen molar-refractivity contribution in [3.63, 3.8) is 0 Å². The van der Waals surface area contributed by atoms with Crippen molar-refractivity contribution in [2.24, 2.45) is 0 Å². The molecule has 0 bridgehead atoms. The zero-order valence-corrected chi connectivity index (χ0v) is 11.7. The van der Waals surface area contributed by atoms with Gasteiger partial charge in [-0.2, -0.15) is 5.26 Å². The number of anilines is 1. The smallest absolute Gasteiger partial charge is 0.233 e. The summed E-state index contributed by atoms with van der Waals surface area (Å²) in [4.78, 5) is 27.5. The summed E-state index contributed by atoms with van der Waals surface area (Å²) in [5.41, 5.74) is 1.65. The van der Waals surface area contributed by atoms with Gasteiger partial charge in [0.15, 0.2) is 0 Å². The predicted octanol–water partition coefficient (Wildman–Crippen LogP) is 1.60. The first kappa shape index (κ1) is 15.2. The molecule has 0 atom stereocenters. The summed E-state index contributed by atoms with van der Waals surface area (Å²) in [7, 11) is 0. The van der Waals surface area contributed by atoms with E-state index in [4.69, 9.17) is 5.26 Å². The molecule has 2 aromatic rings. The molecule has 22 heavy (non-hydrogen) atoms. The van der Waals surface area contributed by atoms with Crippen LogP contribution >= 0.6 is 0 Å². The Kier molecular flexibility index (Phi) is 5.21. The monoisotopic (exact) mass is 294 g/mol. The number of hydrogen-bond acceptors (Lipinski definition) is 4. The molecule has 0 fully saturated rings. The summed E-state index contributed by atoms with van der Waals surface area (Å²) in [5.74, 6) is -0.826. The number of nitrogens with one attached hydrogen (secondary N) is 2. The van der Waals surface area contributed by atoms with Crippen LogP contribution in [0.5, 0.6) is 0 Å².